The van der Waals surface area contributed by atoms with Crippen molar-refractivity contribution >= 4 is 5.91 Å². The Hall–Kier alpha value is -2.93. The summed E-state index contributed by atoms with van der Waals surface area (Å²) >= 11 is 0. The van der Waals surface area contributed by atoms with E-state index >= 15 is 0 Å². The molecule has 0 bridgehead atoms. The molecule has 1 atom stereocenters. The lowest BCUT2D eigenvalue weighted by Crippen LogP contribution is -2.42. The number of hydrogen-bond acceptors (Lipinski definition) is 5. The van der Waals surface area contributed by atoms with Gasteiger partial charge < -0.3 is 9.73 Å². The zero-order chi connectivity index (χ0) is 18.5. The van der Waals surface area contributed by atoms with Crippen molar-refractivity contribution in [2.24, 2.45) is 5.92 Å². The molecule has 7 heteroatoms. The van der Waals surface area contributed by atoms with E-state index in [1.807, 2.05) is 36.4 Å². The van der Waals surface area contributed by atoms with Crippen molar-refractivity contribution in [3.05, 3.63) is 66.6 Å². The van der Waals surface area contributed by atoms with Gasteiger partial charge in [0.2, 0.25) is 5.91 Å². The highest BCUT2D eigenvalue weighted by Crippen LogP contribution is 2.19. The molecular weight excluding hydrogens is 342 g/mol. The first-order valence-electron chi connectivity index (χ1n) is 9.24. The van der Waals surface area contributed by atoms with E-state index in [0.717, 1.165) is 49.5 Å². The fourth-order valence-electron chi connectivity index (χ4n) is 3.48. The van der Waals surface area contributed by atoms with Gasteiger partial charge in [-0.2, -0.15) is 5.10 Å². The quantitative estimate of drug-likeness (QED) is 0.726. The predicted octanol–water partition coefficient (Wildman–Crippen LogP) is 2.39. The topological polar surface area (TPSA) is 76.2 Å². The van der Waals surface area contributed by atoms with E-state index in [4.69, 9.17) is 4.42 Å². The summed E-state index contributed by atoms with van der Waals surface area (Å²) in [5, 5.41) is 7.19. The first kappa shape index (κ1) is 17.5. The summed E-state index contributed by atoms with van der Waals surface area (Å²) < 4.78 is 7.13. The zero-order valence-electron chi connectivity index (χ0n) is 15.1. The Morgan fingerprint density at radius 1 is 1.26 bits per heavy atom. The highest BCUT2D eigenvalue weighted by Gasteiger charge is 2.26. The molecule has 140 valence electrons. The van der Waals surface area contributed by atoms with Crippen molar-refractivity contribution < 1.29 is 9.21 Å². The lowest BCUT2D eigenvalue weighted by Gasteiger charge is -2.31. The number of hydrogen-bond donors (Lipinski definition) is 1. The fourth-order valence-corrected chi connectivity index (χ4v) is 3.48. The van der Waals surface area contributed by atoms with E-state index in [9.17, 15) is 4.79 Å². The molecule has 1 amide bonds. The van der Waals surface area contributed by atoms with Gasteiger partial charge >= 0.3 is 0 Å². The highest BCUT2D eigenvalue weighted by molar-refractivity contribution is 5.79. The molecule has 0 spiro atoms. The van der Waals surface area contributed by atoms with E-state index in [0.29, 0.717) is 6.54 Å². The van der Waals surface area contributed by atoms with Crippen LogP contribution in [0.2, 0.25) is 0 Å². The second-order valence-electron chi connectivity index (χ2n) is 6.88. The molecule has 1 aliphatic heterocycles. The summed E-state index contributed by atoms with van der Waals surface area (Å²) in [4.78, 5) is 18.8. The van der Waals surface area contributed by atoms with E-state index in [-0.39, 0.29) is 11.8 Å². The zero-order valence-corrected chi connectivity index (χ0v) is 15.1. The molecule has 0 saturated carbocycles. The van der Waals surface area contributed by atoms with Crippen LogP contribution in [0.4, 0.5) is 0 Å². The minimum Gasteiger partial charge on any atom is -0.468 e. The van der Waals surface area contributed by atoms with Crippen LogP contribution >= 0.6 is 0 Å². The first-order chi connectivity index (χ1) is 13.3. The normalized spacial score (nSPS) is 17.7. The average Bonchev–Trinajstić information content (AvgIpc) is 3.41. The third kappa shape index (κ3) is 4.43. The number of carbonyl (C=O) groups excluding carboxylic acids is 1. The van der Waals surface area contributed by atoms with Gasteiger partial charge in [0.25, 0.3) is 0 Å². The Kier molecular flexibility index (Phi) is 5.29. The van der Waals surface area contributed by atoms with Gasteiger partial charge in [-0.15, -0.1) is 0 Å². The van der Waals surface area contributed by atoms with Crippen LogP contribution in [0.25, 0.3) is 5.69 Å². The lowest BCUT2D eigenvalue weighted by molar-refractivity contribution is -0.127. The number of rotatable bonds is 6. The van der Waals surface area contributed by atoms with Gasteiger partial charge in [-0.05, 0) is 49.2 Å². The number of amides is 1. The summed E-state index contributed by atoms with van der Waals surface area (Å²) in [6.07, 6.45) is 6.83. The van der Waals surface area contributed by atoms with Gasteiger partial charge in [0.05, 0.1) is 24.4 Å². The van der Waals surface area contributed by atoms with E-state index in [1.165, 1.54) is 6.33 Å². The van der Waals surface area contributed by atoms with E-state index in [2.05, 4.69) is 20.3 Å². The first-order valence-corrected chi connectivity index (χ1v) is 9.24. The van der Waals surface area contributed by atoms with Crippen molar-refractivity contribution in [2.45, 2.75) is 25.9 Å². The molecule has 4 rings (SSSR count). The van der Waals surface area contributed by atoms with Crippen molar-refractivity contribution in [2.75, 3.05) is 13.1 Å². The van der Waals surface area contributed by atoms with Crippen LogP contribution in [0.3, 0.4) is 0 Å². The maximum atomic E-state index is 12.6. The molecular formula is C20H23N5O2. The van der Waals surface area contributed by atoms with Crippen LogP contribution in [0.1, 0.15) is 24.2 Å². The Morgan fingerprint density at radius 3 is 2.89 bits per heavy atom. The molecule has 1 fully saturated rings. The smallest absolute Gasteiger partial charge is 0.224 e. The van der Waals surface area contributed by atoms with Gasteiger partial charge in [-0.25, -0.2) is 9.67 Å². The Morgan fingerprint density at radius 2 is 2.15 bits per heavy atom. The summed E-state index contributed by atoms with van der Waals surface area (Å²) in [7, 11) is 0. The van der Waals surface area contributed by atoms with Crippen LogP contribution in [-0.4, -0.2) is 38.7 Å². The second-order valence-corrected chi connectivity index (χ2v) is 6.88. The fraction of sp³-hybridized carbons (Fsp3) is 0.350. The summed E-state index contributed by atoms with van der Waals surface area (Å²) in [6, 6.07) is 11.8. The van der Waals surface area contributed by atoms with Crippen molar-refractivity contribution in [1.29, 1.82) is 0 Å². The molecule has 27 heavy (non-hydrogen) atoms. The standard InChI is InChI=1S/C20H23N5O2/c26-20(17-3-1-9-24(12-17)13-19-4-2-10-27-19)22-11-16-5-7-18(8-6-16)25-15-21-14-23-25/h2,4-8,10,14-15,17H,1,3,9,11-13H2,(H,22,26)/t17-/m0/s1. The van der Waals surface area contributed by atoms with Crippen molar-refractivity contribution in [1.82, 2.24) is 25.0 Å². The number of nitrogens with zero attached hydrogens (tertiary/aromatic N) is 4. The molecule has 0 aliphatic carbocycles. The Bertz CT molecular complexity index is 843. The van der Waals surface area contributed by atoms with Gasteiger partial charge in [0.1, 0.15) is 18.4 Å². The third-order valence-electron chi connectivity index (χ3n) is 4.92. The molecule has 7 nitrogen and oxygen atoms in total. The number of aromatic nitrogens is 3. The SMILES string of the molecule is O=C(NCc1ccc(-n2cncn2)cc1)[C@H]1CCCN(Cc2ccco2)C1. The maximum absolute atomic E-state index is 12.6. The van der Waals surface area contributed by atoms with Crippen molar-refractivity contribution in [3.8, 4) is 5.69 Å². The molecule has 2 aromatic heterocycles. The molecule has 0 radical (unpaired) electrons. The predicted molar refractivity (Wildman–Crippen MR) is 99.9 cm³/mol. The minimum absolute atomic E-state index is 0.0307. The van der Waals surface area contributed by atoms with Crippen LogP contribution in [0.5, 0.6) is 0 Å². The third-order valence-corrected chi connectivity index (χ3v) is 4.92. The Balaban J connectivity index is 1.28. The summed E-state index contributed by atoms with van der Waals surface area (Å²) in [5.74, 6) is 1.10. The molecule has 1 aliphatic rings. The van der Waals surface area contributed by atoms with Gasteiger partial charge in [0.15, 0.2) is 0 Å². The number of carbonyl (C=O) groups is 1. The van der Waals surface area contributed by atoms with Gasteiger partial charge in [0, 0.05) is 13.1 Å². The number of benzene rings is 1. The highest BCUT2D eigenvalue weighted by atomic mass is 16.3. The maximum Gasteiger partial charge on any atom is 0.224 e. The monoisotopic (exact) mass is 365 g/mol. The summed E-state index contributed by atoms with van der Waals surface area (Å²) in [5.41, 5.74) is 2.01. The average molecular weight is 365 g/mol. The molecule has 1 N–H and O–H groups in total. The Labute approximate surface area is 158 Å². The number of furan rings is 1. The number of nitrogens with one attached hydrogen (secondary N) is 1. The van der Waals surface area contributed by atoms with E-state index < -0.39 is 0 Å². The van der Waals surface area contributed by atoms with E-state index in [1.54, 1.807) is 17.3 Å². The molecule has 3 aromatic rings. The van der Waals surface area contributed by atoms with Gasteiger partial charge in [-0.3, -0.25) is 9.69 Å². The van der Waals surface area contributed by atoms with Crippen LogP contribution < -0.4 is 5.32 Å². The lowest BCUT2D eigenvalue weighted by atomic mass is 9.97. The molecule has 3 heterocycles. The van der Waals surface area contributed by atoms with Crippen molar-refractivity contribution in [3.63, 3.8) is 0 Å². The largest absolute Gasteiger partial charge is 0.468 e. The van der Waals surface area contributed by atoms with Crippen LogP contribution in [-0.2, 0) is 17.9 Å². The number of piperidine rings is 1. The van der Waals surface area contributed by atoms with Crippen LogP contribution in [0, 0.1) is 5.92 Å². The second kappa shape index (κ2) is 8.18. The van der Waals surface area contributed by atoms with Gasteiger partial charge in [-0.1, -0.05) is 12.1 Å². The molecule has 1 aromatic carbocycles. The minimum atomic E-state index is 0.0307. The number of likely N-dealkylation sites (tertiary alicyclic amines) is 1. The summed E-state index contributed by atoms with van der Waals surface area (Å²) in [6.45, 7) is 3.08. The molecule has 0 unspecified atom stereocenters. The molecule has 1 saturated heterocycles. The van der Waals surface area contributed by atoms with Crippen LogP contribution in [0.15, 0.2) is 59.7 Å².